The summed E-state index contributed by atoms with van der Waals surface area (Å²) in [5.41, 5.74) is -0.0739. The molecule has 0 aliphatic carbocycles. The second-order valence-electron chi connectivity index (χ2n) is 7.23. The highest BCUT2D eigenvalue weighted by atomic mass is 16.5. The Morgan fingerprint density at radius 1 is 0.963 bits per heavy atom. The number of ether oxygens (including phenoxy) is 2. The number of carbonyl (C=O) groups excluding carboxylic acids is 1. The third-order valence-electron chi connectivity index (χ3n) is 5.57. The van der Waals surface area contributed by atoms with Gasteiger partial charge in [0.25, 0.3) is 5.91 Å². The maximum atomic E-state index is 12.8. The van der Waals surface area contributed by atoms with Crippen molar-refractivity contribution < 1.29 is 14.3 Å². The number of hydrogen-bond donors (Lipinski definition) is 3. The Bertz CT molecular complexity index is 944. The fraction of sp³-hybridized carbons (Fsp3) is 0.526. The molecule has 3 N–H and O–H groups in total. The van der Waals surface area contributed by atoms with Gasteiger partial charge in [0.15, 0.2) is 0 Å². The number of H-pyrrole nitrogens is 2. The highest BCUT2D eigenvalue weighted by molar-refractivity contribution is 5.97. The molecular formula is C19H23N3O5. The summed E-state index contributed by atoms with van der Waals surface area (Å²) in [5.74, 6) is 0.582. The number of benzene rings is 1. The van der Waals surface area contributed by atoms with Crippen molar-refractivity contribution in [1.29, 1.82) is 0 Å². The Labute approximate surface area is 155 Å². The van der Waals surface area contributed by atoms with Crippen LogP contribution in [0.1, 0.15) is 29.6 Å². The highest BCUT2D eigenvalue weighted by Crippen LogP contribution is 2.30. The Morgan fingerprint density at radius 3 is 2.44 bits per heavy atom. The van der Waals surface area contributed by atoms with Crippen LogP contribution in [0.25, 0.3) is 11.0 Å². The Balaban J connectivity index is 1.53. The van der Waals surface area contributed by atoms with Crippen LogP contribution in [0.4, 0.5) is 0 Å². The molecule has 4 rings (SSSR count). The van der Waals surface area contributed by atoms with Crippen LogP contribution in [-0.2, 0) is 9.47 Å². The second-order valence-corrected chi connectivity index (χ2v) is 7.23. The molecule has 8 heteroatoms. The molecule has 1 aromatic carbocycles. The van der Waals surface area contributed by atoms with Crippen molar-refractivity contribution in [2.75, 3.05) is 26.4 Å². The van der Waals surface area contributed by atoms with Crippen LogP contribution in [0, 0.1) is 11.8 Å². The van der Waals surface area contributed by atoms with E-state index in [1.165, 1.54) is 0 Å². The zero-order valence-corrected chi connectivity index (χ0v) is 15.0. The zero-order valence-electron chi connectivity index (χ0n) is 15.0. The van der Waals surface area contributed by atoms with Gasteiger partial charge in [-0.25, -0.2) is 0 Å². The maximum absolute atomic E-state index is 12.8. The lowest BCUT2D eigenvalue weighted by molar-refractivity contribution is -0.0259. The topological polar surface area (TPSA) is 113 Å². The van der Waals surface area contributed by atoms with Crippen molar-refractivity contribution in [1.82, 2.24) is 15.3 Å². The van der Waals surface area contributed by atoms with Crippen molar-refractivity contribution in [3.05, 3.63) is 44.5 Å². The van der Waals surface area contributed by atoms with E-state index in [-0.39, 0.29) is 17.9 Å². The van der Waals surface area contributed by atoms with E-state index in [0.717, 1.165) is 32.5 Å². The minimum atomic E-state index is -0.732. The minimum absolute atomic E-state index is 0.0553. The third kappa shape index (κ3) is 3.81. The van der Waals surface area contributed by atoms with Gasteiger partial charge in [0.05, 0.1) is 17.6 Å². The van der Waals surface area contributed by atoms with Crippen molar-refractivity contribution in [2.45, 2.75) is 25.3 Å². The first-order valence-corrected chi connectivity index (χ1v) is 9.34. The lowest BCUT2D eigenvalue weighted by Gasteiger charge is -2.39. The predicted molar refractivity (Wildman–Crippen MR) is 98.9 cm³/mol. The number of fused-ring (bicyclic) bond motifs is 1. The molecule has 0 saturated carbocycles. The van der Waals surface area contributed by atoms with Crippen molar-refractivity contribution >= 4 is 16.9 Å². The Kier molecular flexibility index (Phi) is 5.09. The van der Waals surface area contributed by atoms with Crippen LogP contribution in [0.3, 0.4) is 0 Å². The molecule has 144 valence electrons. The molecule has 2 atom stereocenters. The average Bonchev–Trinajstić information content (AvgIpc) is 2.69. The van der Waals surface area contributed by atoms with Gasteiger partial charge in [-0.2, -0.15) is 0 Å². The van der Waals surface area contributed by atoms with Crippen molar-refractivity contribution in [2.24, 2.45) is 11.8 Å². The molecule has 1 aromatic heterocycles. The van der Waals surface area contributed by atoms with E-state index in [0.29, 0.717) is 35.7 Å². The van der Waals surface area contributed by atoms with E-state index in [4.69, 9.17) is 9.47 Å². The first kappa shape index (κ1) is 17.9. The number of amides is 1. The van der Waals surface area contributed by atoms with Gasteiger partial charge < -0.3 is 24.8 Å². The van der Waals surface area contributed by atoms with Gasteiger partial charge in [-0.1, -0.05) is 0 Å². The molecule has 8 nitrogen and oxygen atoms in total. The molecule has 27 heavy (non-hydrogen) atoms. The monoisotopic (exact) mass is 373 g/mol. The molecule has 2 saturated heterocycles. The van der Waals surface area contributed by atoms with Gasteiger partial charge in [0.1, 0.15) is 0 Å². The number of carbonyl (C=O) groups is 1. The van der Waals surface area contributed by atoms with E-state index < -0.39 is 11.1 Å². The molecule has 0 radical (unpaired) electrons. The van der Waals surface area contributed by atoms with E-state index in [1.807, 2.05) is 0 Å². The summed E-state index contributed by atoms with van der Waals surface area (Å²) in [6, 6.07) is 4.92. The zero-order chi connectivity index (χ0) is 18.8. The molecule has 3 heterocycles. The molecule has 2 aliphatic heterocycles. The molecule has 2 aromatic rings. The fourth-order valence-corrected chi connectivity index (χ4v) is 4.06. The summed E-state index contributed by atoms with van der Waals surface area (Å²) in [6.07, 6.45) is 2.77. The molecule has 0 unspecified atom stereocenters. The summed E-state index contributed by atoms with van der Waals surface area (Å²) in [5, 5.41) is 3.15. The molecule has 2 fully saturated rings. The van der Waals surface area contributed by atoms with Crippen molar-refractivity contribution in [3.8, 4) is 0 Å². The lowest BCUT2D eigenvalue weighted by Crippen LogP contribution is -2.49. The van der Waals surface area contributed by atoms with E-state index in [2.05, 4.69) is 15.3 Å². The predicted octanol–water partition coefficient (Wildman–Crippen LogP) is 0.778. The maximum Gasteiger partial charge on any atom is 0.314 e. The van der Waals surface area contributed by atoms with Crippen molar-refractivity contribution in [3.63, 3.8) is 0 Å². The van der Waals surface area contributed by atoms with Gasteiger partial charge in [-0.15, -0.1) is 0 Å². The van der Waals surface area contributed by atoms with Gasteiger partial charge in [0.2, 0.25) is 0 Å². The van der Waals surface area contributed by atoms with Crippen LogP contribution in [0.15, 0.2) is 27.8 Å². The fourth-order valence-electron chi connectivity index (χ4n) is 4.06. The summed E-state index contributed by atoms with van der Waals surface area (Å²) >= 11 is 0. The highest BCUT2D eigenvalue weighted by Gasteiger charge is 2.34. The number of rotatable bonds is 3. The van der Waals surface area contributed by atoms with Gasteiger partial charge in [-0.3, -0.25) is 14.4 Å². The smallest absolute Gasteiger partial charge is 0.314 e. The van der Waals surface area contributed by atoms with Crippen LogP contribution < -0.4 is 16.4 Å². The summed E-state index contributed by atoms with van der Waals surface area (Å²) in [6.45, 7) is 2.81. The largest absolute Gasteiger partial charge is 0.381 e. The quantitative estimate of drug-likeness (QED) is 0.688. The van der Waals surface area contributed by atoms with Crippen LogP contribution in [-0.4, -0.2) is 48.3 Å². The van der Waals surface area contributed by atoms with Gasteiger partial charge in [-0.05, 0) is 43.4 Å². The molecule has 1 amide bonds. The van der Waals surface area contributed by atoms with Gasteiger partial charge >= 0.3 is 11.1 Å². The van der Waals surface area contributed by atoms with E-state index in [1.54, 1.807) is 18.2 Å². The summed E-state index contributed by atoms with van der Waals surface area (Å²) < 4.78 is 11.1. The lowest BCUT2D eigenvalue weighted by atomic mass is 9.79. The summed E-state index contributed by atoms with van der Waals surface area (Å²) in [7, 11) is 0. The van der Waals surface area contributed by atoms with Crippen LogP contribution >= 0.6 is 0 Å². The molecule has 0 spiro atoms. The van der Waals surface area contributed by atoms with E-state index in [9.17, 15) is 14.4 Å². The number of aromatic amines is 2. The second kappa shape index (κ2) is 7.66. The molecule has 2 aliphatic rings. The van der Waals surface area contributed by atoms with E-state index >= 15 is 0 Å². The molecular weight excluding hydrogens is 350 g/mol. The summed E-state index contributed by atoms with van der Waals surface area (Å²) in [4.78, 5) is 40.7. The first-order chi connectivity index (χ1) is 13.1. The number of nitrogens with one attached hydrogen (secondary N) is 3. The number of aromatic nitrogens is 2. The molecule has 0 bridgehead atoms. The van der Waals surface area contributed by atoms with Crippen LogP contribution in [0.5, 0.6) is 0 Å². The Morgan fingerprint density at radius 2 is 1.67 bits per heavy atom. The Hall–Kier alpha value is -2.45. The van der Waals surface area contributed by atoms with Gasteiger partial charge in [0, 0.05) is 37.3 Å². The first-order valence-electron chi connectivity index (χ1n) is 9.34. The van der Waals surface area contributed by atoms with Crippen LogP contribution in [0.2, 0.25) is 0 Å². The third-order valence-corrected chi connectivity index (χ3v) is 5.57. The normalized spacial score (nSPS) is 24.0. The average molecular weight is 373 g/mol. The standard InChI is InChI=1S/C19H23N3O5/c23-17(12-1-2-15-16(9-12)22-19(25)18(24)21-15)20-14-5-8-27-10-13(14)11-3-6-26-7-4-11/h1-2,9,11,13-14H,3-8,10H2,(H,20,23)(H,21,24)(H,22,25)/t13-,14-/m0/s1. The minimum Gasteiger partial charge on any atom is -0.381 e. The SMILES string of the molecule is O=C(N[C@H]1CCOC[C@H]1C1CCOCC1)c1ccc2[nH]c(=O)c(=O)[nH]c2c1. The number of hydrogen-bond acceptors (Lipinski definition) is 5.